The minimum atomic E-state index is 0.423. The van der Waals surface area contributed by atoms with E-state index in [0.717, 1.165) is 28.8 Å². The molecule has 1 aromatic carbocycles. The van der Waals surface area contributed by atoms with E-state index in [1.807, 2.05) is 6.92 Å². The molecule has 1 aromatic rings. The van der Waals surface area contributed by atoms with Gasteiger partial charge in [0.25, 0.3) is 0 Å². The molecule has 118 valence electrons. The van der Waals surface area contributed by atoms with Crippen molar-refractivity contribution in [1.82, 2.24) is 0 Å². The highest BCUT2D eigenvalue weighted by Gasteiger charge is 2.12. The molecular weight excluding hydrogens is 286 g/mol. The van der Waals surface area contributed by atoms with Crippen molar-refractivity contribution < 1.29 is 0 Å². The van der Waals surface area contributed by atoms with Gasteiger partial charge in [0.1, 0.15) is 0 Å². The molecule has 1 rings (SSSR count). The van der Waals surface area contributed by atoms with Crippen LogP contribution in [0.4, 0.5) is 0 Å². The molecule has 0 spiro atoms. The Hall–Kier alpha value is -1.67. The van der Waals surface area contributed by atoms with Gasteiger partial charge in [-0.05, 0) is 44.2 Å². The first kappa shape index (κ1) is 18.4. The Morgan fingerprint density at radius 3 is 2.45 bits per heavy atom. The van der Waals surface area contributed by atoms with Crippen LogP contribution in [-0.2, 0) is 0 Å². The summed E-state index contributed by atoms with van der Waals surface area (Å²) in [5.41, 5.74) is 14.1. The molecule has 22 heavy (non-hydrogen) atoms. The molecule has 0 aliphatic heterocycles. The van der Waals surface area contributed by atoms with Crippen molar-refractivity contribution in [2.75, 3.05) is 0 Å². The van der Waals surface area contributed by atoms with Gasteiger partial charge in [-0.2, -0.15) is 0 Å². The third-order valence-corrected chi connectivity index (χ3v) is 3.85. The maximum Gasteiger partial charge on any atom is 0.0434 e. The van der Waals surface area contributed by atoms with Crippen molar-refractivity contribution in [3.05, 3.63) is 64.3 Å². The quantitative estimate of drug-likeness (QED) is 0.414. The Bertz CT molecular complexity index is 633. The second-order valence-corrected chi connectivity index (χ2v) is 6.55. The van der Waals surface area contributed by atoms with E-state index in [0.29, 0.717) is 5.92 Å². The monoisotopic (exact) mass is 313 g/mol. The van der Waals surface area contributed by atoms with Gasteiger partial charge in [0, 0.05) is 16.6 Å². The molecule has 1 nitrogen and oxygen atoms in total. The largest absolute Gasteiger partial charge is 0.398 e. The highest BCUT2D eigenvalue weighted by molar-refractivity contribution is 7.79. The van der Waals surface area contributed by atoms with Gasteiger partial charge >= 0.3 is 0 Å². The van der Waals surface area contributed by atoms with Crippen molar-refractivity contribution in [3.63, 3.8) is 0 Å². The number of thiocarbonyl (C=S) groups is 1. The lowest BCUT2D eigenvalue weighted by atomic mass is 9.91. The van der Waals surface area contributed by atoms with Crippen molar-refractivity contribution in [2.45, 2.75) is 47.0 Å². The zero-order chi connectivity index (χ0) is 16.9. The van der Waals surface area contributed by atoms with Crippen molar-refractivity contribution in [3.8, 4) is 0 Å². The Balaban J connectivity index is 3.33. The summed E-state index contributed by atoms with van der Waals surface area (Å²) in [5.74, 6) is 0.423. The van der Waals surface area contributed by atoms with Gasteiger partial charge in [-0.15, -0.1) is 0 Å². The summed E-state index contributed by atoms with van der Waals surface area (Å²) in [5, 5.41) is 1.70. The molecule has 0 bridgehead atoms. The SMILES string of the molecule is C=C(C)/C=C(\C)CC(C=S)=C(N)c1ccc(C)cc1C(C)C. The van der Waals surface area contributed by atoms with Crippen molar-refractivity contribution >= 4 is 23.3 Å². The number of benzene rings is 1. The van der Waals surface area contributed by atoms with Crippen LogP contribution in [0, 0.1) is 6.92 Å². The molecule has 0 atom stereocenters. The first-order valence-electron chi connectivity index (χ1n) is 7.63. The highest BCUT2D eigenvalue weighted by atomic mass is 32.1. The predicted molar refractivity (Wildman–Crippen MR) is 103 cm³/mol. The third-order valence-electron chi connectivity index (χ3n) is 3.57. The number of hydrogen-bond acceptors (Lipinski definition) is 2. The van der Waals surface area contributed by atoms with Gasteiger partial charge in [0.2, 0.25) is 0 Å². The molecule has 0 aliphatic rings. The molecule has 0 fully saturated rings. The van der Waals surface area contributed by atoms with Crippen LogP contribution < -0.4 is 5.73 Å². The molecule has 0 heterocycles. The van der Waals surface area contributed by atoms with Crippen LogP contribution in [0.15, 0.2) is 47.6 Å². The number of nitrogens with two attached hydrogens (primary N) is 1. The van der Waals surface area contributed by atoms with Gasteiger partial charge < -0.3 is 5.73 Å². The normalized spacial score (nSPS) is 13.1. The van der Waals surface area contributed by atoms with Crippen LogP contribution in [-0.4, -0.2) is 5.37 Å². The maximum atomic E-state index is 6.45. The standard InChI is InChI=1S/C20H27NS/c1-13(2)9-16(6)10-17(12-22)20(21)18-8-7-15(5)11-19(18)14(3)4/h7-9,11-12,14H,1,10,21H2,2-6H3/b16-9+,20-17?. The Labute approximate surface area is 140 Å². The minimum Gasteiger partial charge on any atom is -0.398 e. The fourth-order valence-electron chi connectivity index (χ4n) is 2.55. The fourth-order valence-corrected chi connectivity index (χ4v) is 2.76. The number of aryl methyl sites for hydroxylation is 1. The summed E-state index contributed by atoms with van der Waals surface area (Å²) in [7, 11) is 0. The average molecular weight is 314 g/mol. The summed E-state index contributed by atoms with van der Waals surface area (Å²) in [6, 6.07) is 6.42. The topological polar surface area (TPSA) is 26.0 Å². The molecular formula is C20H27NS. The van der Waals surface area contributed by atoms with Crippen LogP contribution >= 0.6 is 12.2 Å². The lowest BCUT2D eigenvalue weighted by Crippen LogP contribution is -2.07. The highest BCUT2D eigenvalue weighted by Crippen LogP contribution is 2.27. The van der Waals surface area contributed by atoms with E-state index in [9.17, 15) is 0 Å². The first-order chi connectivity index (χ1) is 10.3. The maximum absolute atomic E-state index is 6.45. The molecule has 0 aromatic heterocycles. The molecule has 0 aliphatic carbocycles. The molecule has 0 amide bonds. The molecule has 2 N–H and O–H groups in total. The summed E-state index contributed by atoms with van der Waals surface area (Å²) in [4.78, 5) is 0. The van der Waals surface area contributed by atoms with Crippen LogP contribution in [0.25, 0.3) is 5.70 Å². The molecule has 0 radical (unpaired) electrons. The number of rotatable bonds is 6. The van der Waals surface area contributed by atoms with Crippen molar-refractivity contribution in [1.29, 1.82) is 0 Å². The molecule has 0 saturated carbocycles. The minimum absolute atomic E-state index is 0.423. The Kier molecular flexibility index (Phi) is 6.76. The summed E-state index contributed by atoms with van der Waals surface area (Å²) in [6.07, 6.45) is 2.83. The average Bonchev–Trinajstić information content (AvgIpc) is 2.43. The van der Waals surface area contributed by atoms with Crippen LogP contribution in [0.1, 0.15) is 56.7 Å². The van der Waals surface area contributed by atoms with Crippen LogP contribution in [0.5, 0.6) is 0 Å². The Morgan fingerprint density at radius 1 is 1.32 bits per heavy atom. The van der Waals surface area contributed by atoms with Crippen LogP contribution in [0.3, 0.4) is 0 Å². The van der Waals surface area contributed by atoms with Gasteiger partial charge in [0.15, 0.2) is 0 Å². The molecule has 0 unspecified atom stereocenters. The van der Waals surface area contributed by atoms with Gasteiger partial charge in [-0.3, -0.25) is 0 Å². The van der Waals surface area contributed by atoms with Crippen LogP contribution in [0.2, 0.25) is 0 Å². The van der Waals surface area contributed by atoms with E-state index < -0.39 is 0 Å². The van der Waals surface area contributed by atoms with E-state index in [4.69, 9.17) is 18.0 Å². The second kappa shape index (κ2) is 8.09. The lowest BCUT2D eigenvalue weighted by Gasteiger charge is -2.16. The van der Waals surface area contributed by atoms with E-state index in [-0.39, 0.29) is 0 Å². The summed E-state index contributed by atoms with van der Waals surface area (Å²) >= 11 is 5.20. The third kappa shape index (κ3) is 4.96. The second-order valence-electron chi connectivity index (χ2n) is 6.32. The molecule has 2 heteroatoms. The summed E-state index contributed by atoms with van der Waals surface area (Å²) < 4.78 is 0. The van der Waals surface area contributed by atoms with E-state index in [1.54, 1.807) is 5.37 Å². The van der Waals surface area contributed by atoms with E-state index >= 15 is 0 Å². The van der Waals surface area contributed by atoms with Gasteiger partial charge in [0.05, 0.1) is 0 Å². The smallest absolute Gasteiger partial charge is 0.0434 e. The van der Waals surface area contributed by atoms with Gasteiger partial charge in [-0.1, -0.05) is 73.6 Å². The van der Waals surface area contributed by atoms with E-state index in [1.165, 1.54) is 16.7 Å². The Morgan fingerprint density at radius 2 is 1.95 bits per heavy atom. The summed E-state index contributed by atoms with van der Waals surface area (Å²) in [6.45, 7) is 14.5. The van der Waals surface area contributed by atoms with Gasteiger partial charge in [-0.25, -0.2) is 0 Å². The zero-order valence-electron chi connectivity index (χ0n) is 14.4. The first-order valence-corrected chi connectivity index (χ1v) is 8.10. The van der Waals surface area contributed by atoms with Crippen molar-refractivity contribution in [2.24, 2.45) is 5.73 Å². The fraction of sp³-hybridized carbons (Fsp3) is 0.350. The lowest BCUT2D eigenvalue weighted by molar-refractivity contribution is 0.860. The van der Waals surface area contributed by atoms with E-state index in [2.05, 4.69) is 58.5 Å². The number of hydrogen-bond donors (Lipinski definition) is 1. The molecule has 0 saturated heterocycles. The predicted octanol–water partition coefficient (Wildman–Crippen LogP) is 5.70. The zero-order valence-corrected chi connectivity index (χ0v) is 15.2. The number of allylic oxidation sites excluding steroid dienone is 4.